The molecule has 5 nitrogen and oxygen atoms in total. The van der Waals surface area contributed by atoms with Gasteiger partial charge in [-0.15, -0.1) is 0 Å². The zero-order valence-corrected chi connectivity index (χ0v) is 16.1. The molecule has 1 aliphatic rings. The second-order valence-corrected chi connectivity index (χ2v) is 6.65. The molecule has 140 valence electrons. The summed E-state index contributed by atoms with van der Waals surface area (Å²) in [6.07, 6.45) is 1.61. The molecule has 1 heterocycles. The van der Waals surface area contributed by atoms with Crippen LogP contribution in [0.1, 0.15) is 17.5 Å². The summed E-state index contributed by atoms with van der Waals surface area (Å²) >= 11 is 4.21. The van der Waals surface area contributed by atoms with Gasteiger partial charge in [-0.25, -0.2) is 4.79 Å². The predicted molar refractivity (Wildman–Crippen MR) is 109 cm³/mol. The van der Waals surface area contributed by atoms with Gasteiger partial charge in [-0.2, -0.15) is 12.6 Å². The van der Waals surface area contributed by atoms with Gasteiger partial charge in [0, 0.05) is 12.2 Å². The topological polar surface area (TPSA) is 59.0 Å². The van der Waals surface area contributed by atoms with E-state index in [1.807, 2.05) is 54.6 Å². The van der Waals surface area contributed by atoms with E-state index in [4.69, 9.17) is 4.74 Å². The van der Waals surface area contributed by atoms with Crippen LogP contribution in [0.4, 0.5) is 5.69 Å². The van der Waals surface area contributed by atoms with E-state index in [0.717, 1.165) is 23.2 Å². The molecule has 0 aliphatic carbocycles. The lowest BCUT2D eigenvalue weighted by molar-refractivity contribution is -0.141. The number of esters is 1. The molecule has 0 N–H and O–H groups in total. The Morgan fingerprint density at radius 1 is 1.11 bits per heavy atom. The number of methoxy groups -OCH3 is 1. The molecule has 2 aromatic carbocycles. The van der Waals surface area contributed by atoms with Crippen LogP contribution in [0.2, 0.25) is 0 Å². The largest absolute Gasteiger partial charge is 0.467 e. The molecule has 1 amide bonds. The van der Waals surface area contributed by atoms with Gasteiger partial charge in [0.2, 0.25) is 5.91 Å². The maximum atomic E-state index is 13.2. The minimum absolute atomic E-state index is 0.0742. The first-order valence-corrected chi connectivity index (χ1v) is 9.47. The zero-order chi connectivity index (χ0) is 19.2. The molecule has 0 radical (unpaired) electrons. The van der Waals surface area contributed by atoms with E-state index in [1.54, 1.807) is 4.90 Å². The summed E-state index contributed by atoms with van der Waals surface area (Å²) < 4.78 is 4.81. The Labute approximate surface area is 164 Å². The number of hydrogen-bond donors (Lipinski definition) is 1. The molecule has 6 heteroatoms. The minimum atomic E-state index is -0.731. The molecule has 0 bridgehead atoms. The third-order valence-corrected chi connectivity index (χ3v) is 4.85. The second kappa shape index (κ2) is 8.86. The number of anilines is 1. The van der Waals surface area contributed by atoms with Gasteiger partial charge in [-0.05, 0) is 23.6 Å². The summed E-state index contributed by atoms with van der Waals surface area (Å²) in [6.45, 7) is 0. The molecule has 0 spiro atoms. The number of carbonyl (C=O) groups excluding carboxylic acids is 2. The predicted octanol–water partition coefficient (Wildman–Crippen LogP) is 3.08. The van der Waals surface area contributed by atoms with Gasteiger partial charge in [-0.1, -0.05) is 48.5 Å². The maximum Gasteiger partial charge on any atom is 0.331 e. The molecule has 0 aromatic heterocycles. The third-order valence-electron chi connectivity index (χ3n) is 4.51. The number of rotatable bonds is 5. The van der Waals surface area contributed by atoms with Crippen LogP contribution in [-0.4, -0.2) is 36.6 Å². The quantitative estimate of drug-likeness (QED) is 0.639. The number of para-hydroxylation sites is 1. The fourth-order valence-corrected chi connectivity index (χ4v) is 3.40. The van der Waals surface area contributed by atoms with Crippen LogP contribution in [0.25, 0.3) is 0 Å². The van der Waals surface area contributed by atoms with Crippen molar-refractivity contribution >= 4 is 36.0 Å². The Morgan fingerprint density at radius 3 is 2.52 bits per heavy atom. The van der Waals surface area contributed by atoms with Crippen LogP contribution in [0, 0.1) is 0 Å². The lowest BCUT2D eigenvalue weighted by Gasteiger charge is -2.31. The summed E-state index contributed by atoms with van der Waals surface area (Å²) in [4.78, 5) is 31.3. The summed E-state index contributed by atoms with van der Waals surface area (Å²) in [7, 11) is 1.33. The van der Waals surface area contributed by atoms with Crippen LogP contribution >= 0.6 is 12.6 Å². The summed E-state index contributed by atoms with van der Waals surface area (Å²) in [5.74, 6) is 0.277. The molecule has 27 heavy (non-hydrogen) atoms. The number of amidine groups is 1. The van der Waals surface area contributed by atoms with Gasteiger partial charge in [0.1, 0.15) is 5.84 Å². The SMILES string of the molecule is COC(=O)[C@@H](CS)N=C1CCc2ccccc2N1C(=O)Cc1ccccc1. The lowest BCUT2D eigenvalue weighted by atomic mass is 9.99. The Hall–Kier alpha value is -2.60. The number of thiol groups is 1. The van der Waals surface area contributed by atoms with E-state index < -0.39 is 12.0 Å². The number of nitrogens with zero attached hydrogens (tertiary/aromatic N) is 2. The molecule has 0 saturated carbocycles. The number of amides is 1. The molecular formula is C21H22N2O3S. The molecule has 0 fully saturated rings. The van der Waals surface area contributed by atoms with Crippen molar-refractivity contribution in [3.63, 3.8) is 0 Å². The third kappa shape index (κ3) is 4.39. The van der Waals surface area contributed by atoms with Crippen LogP contribution in [0.5, 0.6) is 0 Å². The molecule has 1 aliphatic heterocycles. The summed E-state index contributed by atoms with van der Waals surface area (Å²) in [5, 5.41) is 0. The standard InChI is InChI=1S/C21H22N2O3S/c1-26-21(25)17(14-27)22-19-12-11-16-9-5-6-10-18(16)23(19)20(24)13-15-7-3-2-4-8-15/h2-10,17,27H,11-14H2,1H3/t17-/m1/s1. The smallest absolute Gasteiger partial charge is 0.331 e. The van der Waals surface area contributed by atoms with E-state index in [9.17, 15) is 9.59 Å². The fourth-order valence-electron chi connectivity index (χ4n) is 3.17. The van der Waals surface area contributed by atoms with E-state index in [1.165, 1.54) is 7.11 Å². The molecular weight excluding hydrogens is 360 g/mol. The molecule has 2 aromatic rings. The highest BCUT2D eigenvalue weighted by atomic mass is 32.1. The number of carbonyl (C=O) groups is 2. The molecule has 0 unspecified atom stereocenters. The van der Waals surface area contributed by atoms with Crippen molar-refractivity contribution < 1.29 is 14.3 Å². The van der Waals surface area contributed by atoms with E-state index in [-0.39, 0.29) is 18.1 Å². The van der Waals surface area contributed by atoms with Crippen molar-refractivity contribution in [3.8, 4) is 0 Å². The van der Waals surface area contributed by atoms with E-state index >= 15 is 0 Å². The average molecular weight is 382 g/mol. The monoisotopic (exact) mass is 382 g/mol. The van der Waals surface area contributed by atoms with Gasteiger partial charge in [0.15, 0.2) is 6.04 Å². The normalized spacial score (nSPS) is 15.9. The Balaban J connectivity index is 1.97. The number of hydrogen-bond acceptors (Lipinski definition) is 5. The van der Waals surface area contributed by atoms with Crippen molar-refractivity contribution in [2.75, 3.05) is 17.8 Å². The number of ether oxygens (including phenoxy) is 1. The van der Waals surface area contributed by atoms with Gasteiger partial charge >= 0.3 is 5.97 Å². The van der Waals surface area contributed by atoms with E-state index in [0.29, 0.717) is 12.3 Å². The van der Waals surface area contributed by atoms with Crippen LogP contribution in [0.15, 0.2) is 59.6 Å². The van der Waals surface area contributed by atoms with Crippen molar-refractivity contribution in [1.29, 1.82) is 0 Å². The molecule has 3 rings (SSSR count). The highest BCUT2D eigenvalue weighted by Gasteiger charge is 2.29. The summed E-state index contributed by atoms with van der Waals surface area (Å²) in [6, 6.07) is 16.7. The van der Waals surface area contributed by atoms with Gasteiger partial charge < -0.3 is 4.74 Å². The first-order valence-electron chi connectivity index (χ1n) is 8.84. The Morgan fingerprint density at radius 2 is 1.81 bits per heavy atom. The Kier molecular flexibility index (Phi) is 6.29. The van der Waals surface area contributed by atoms with E-state index in [2.05, 4.69) is 17.6 Å². The number of aryl methyl sites for hydroxylation is 1. The maximum absolute atomic E-state index is 13.2. The van der Waals surface area contributed by atoms with Crippen molar-refractivity contribution in [1.82, 2.24) is 0 Å². The number of benzene rings is 2. The first kappa shape index (κ1) is 19.2. The molecule has 1 atom stereocenters. The van der Waals surface area contributed by atoms with Crippen LogP contribution < -0.4 is 4.90 Å². The van der Waals surface area contributed by atoms with Gasteiger partial charge in [-0.3, -0.25) is 14.7 Å². The summed E-state index contributed by atoms with van der Waals surface area (Å²) in [5.41, 5.74) is 2.85. The number of aliphatic imine (C=N–C) groups is 1. The average Bonchev–Trinajstić information content (AvgIpc) is 2.71. The minimum Gasteiger partial charge on any atom is -0.467 e. The van der Waals surface area contributed by atoms with Crippen molar-refractivity contribution in [2.24, 2.45) is 4.99 Å². The lowest BCUT2D eigenvalue weighted by Crippen LogP contribution is -2.42. The highest BCUT2D eigenvalue weighted by molar-refractivity contribution is 7.80. The van der Waals surface area contributed by atoms with Gasteiger partial charge in [0.25, 0.3) is 0 Å². The first-order chi connectivity index (χ1) is 13.1. The van der Waals surface area contributed by atoms with Crippen molar-refractivity contribution in [3.05, 3.63) is 65.7 Å². The van der Waals surface area contributed by atoms with Crippen LogP contribution in [0.3, 0.4) is 0 Å². The van der Waals surface area contributed by atoms with Crippen LogP contribution in [-0.2, 0) is 27.2 Å². The zero-order valence-electron chi connectivity index (χ0n) is 15.2. The van der Waals surface area contributed by atoms with Crippen molar-refractivity contribution in [2.45, 2.75) is 25.3 Å². The molecule has 0 saturated heterocycles. The number of fused-ring (bicyclic) bond motifs is 1. The van der Waals surface area contributed by atoms with Gasteiger partial charge in [0.05, 0.1) is 19.2 Å². The Bertz CT molecular complexity index is 852. The second-order valence-electron chi connectivity index (χ2n) is 6.29. The fraction of sp³-hybridized carbons (Fsp3) is 0.286. The highest BCUT2D eigenvalue weighted by Crippen LogP contribution is 2.29.